The summed E-state index contributed by atoms with van der Waals surface area (Å²) in [6.07, 6.45) is 0. The van der Waals surface area contributed by atoms with Gasteiger partial charge in [-0.15, -0.1) is 0 Å². The molecule has 0 saturated heterocycles. The van der Waals surface area contributed by atoms with Crippen LogP contribution in [0, 0.1) is 0 Å². The lowest BCUT2D eigenvalue weighted by atomic mass is 10.1. The van der Waals surface area contributed by atoms with Crippen molar-refractivity contribution in [2.75, 3.05) is 10.6 Å². The van der Waals surface area contributed by atoms with E-state index in [9.17, 15) is 9.59 Å². The number of anilines is 2. The zero-order chi connectivity index (χ0) is 17.5. The molecule has 4 N–H and O–H groups in total. The lowest BCUT2D eigenvalue weighted by molar-refractivity contribution is -0.709. The quantitative estimate of drug-likeness (QED) is 0.762. The molecule has 24 heavy (non-hydrogen) atoms. The Morgan fingerprint density at radius 1 is 0.875 bits per heavy atom. The third-order valence-corrected chi connectivity index (χ3v) is 3.79. The van der Waals surface area contributed by atoms with E-state index in [0.29, 0.717) is 11.4 Å². The molecule has 126 valence electrons. The van der Waals surface area contributed by atoms with Gasteiger partial charge in [0.05, 0.1) is 0 Å². The van der Waals surface area contributed by atoms with E-state index < -0.39 is 0 Å². The molecule has 0 heterocycles. The van der Waals surface area contributed by atoms with Gasteiger partial charge in [0.25, 0.3) is 5.91 Å². The highest BCUT2D eigenvalue weighted by atomic mass is 16.2. The molecule has 0 bridgehead atoms. The number of rotatable bonds is 6. The van der Waals surface area contributed by atoms with Crippen LogP contribution in [0.1, 0.15) is 32.4 Å². The number of hydrogen-bond acceptors (Lipinski definition) is 2. The van der Waals surface area contributed by atoms with Gasteiger partial charge >= 0.3 is 0 Å². The van der Waals surface area contributed by atoms with Gasteiger partial charge in [-0.25, -0.2) is 0 Å². The summed E-state index contributed by atoms with van der Waals surface area (Å²) in [5.41, 5.74) is 2.61. The van der Waals surface area contributed by atoms with Crippen molar-refractivity contribution in [2.24, 2.45) is 0 Å². The van der Waals surface area contributed by atoms with Gasteiger partial charge in [0, 0.05) is 23.9 Å². The predicted molar refractivity (Wildman–Crippen MR) is 95.6 cm³/mol. The Balaban J connectivity index is 1.90. The first-order valence-electron chi connectivity index (χ1n) is 8.04. The van der Waals surface area contributed by atoms with Gasteiger partial charge in [-0.3, -0.25) is 9.59 Å². The van der Waals surface area contributed by atoms with Crippen molar-refractivity contribution in [2.45, 2.75) is 32.9 Å². The van der Waals surface area contributed by atoms with Crippen LogP contribution in [0.5, 0.6) is 0 Å². The Morgan fingerprint density at radius 2 is 1.42 bits per heavy atom. The van der Waals surface area contributed by atoms with Gasteiger partial charge in [0.1, 0.15) is 6.04 Å². The van der Waals surface area contributed by atoms with Gasteiger partial charge < -0.3 is 16.0 Å². The van der Waals surface area contributed by atoms with E-state index in [2.05, 4.69) is 29.7 Å². The van der Waals surface area contributed by atoms with Crippen LogP contribution >= 0.6 is 0 Å². The number of quaternary nitrogens is 1. The normalized spacial score (nSPS) is 13.0. The SMILES string of the molecule is CC(=O)Nc1ccc(NC(=O)[C@H](C)[NH2+][C@@H](C)c2ccccc2)cc1. The molecule has 5 heteroatoms. The molecule has 0 unspecified atom stereocenters. The van der Waals surface area contributed by atoms with Crippen LogP contribution in [-0.4, -0.2) is 17.9 Å². The fourth-order valence-electron chi connectivity index (χ4n) is 2.48. The van der Waals surface area contributed by atoms with Crippen LogP contribution in [0.2, 0.25) is 0 Å². The van der Waals surface area contributed by atoms with E-state index in [1.165, 1.54) is 12.5 Å². The van der Waals surface area contributed by atoms with E-state index in [-0.39, 0.29) is 23.9 Å². The molecule has 2 aromatic carbocycles. The zero-order valence-electron chi connectivity index (χ0n) is 14.2. The van der Waals surface area contributed by atoms with Crippen LogP contribution in [0.3, 0.4) is 0 Å². The highest BCUT2D eigenvalue weighted by molar-refractivity contribution is 5.94. The monoisotopic (exact) mass is 326 g/mol. The molecule has 2 rings (SSSR count). The van der Waals surface area contributed by atoms with Crippen LogP contribution in [0.4, 0.5) is 11.4 Å². The molecule has 0 spiro atoms. The van der Waals surface area contributed by atoms with Crippen molar-refractivity contribution in [3.05, 3.63) is 60.2 Å². The third-order valence-electron chi connectivity index (χ3n) is 3.79. The Morgan fingerprint density at radius 3 is 1.96 bits per heavy atom. The summed E-state index contributed by atoms with van der Waals surface area (Å²) in [7, 11) is 0. The topological polar surface area (TPSA) is 74.8 Å². The fraction of sp³-hybridized carbons (Fsp3) is 0.263. The predicted octanol–water partition coefficient (Wildman–Crippen LogP) is 2.30. The molecule has 0 saturated carbocycles. The Labute approximate surface area is 142 Å². The average molecular weight is 326 g/mol. The Hall–Kier alpha value is -2.66. The van der Waals surface area contributed by atoms with Crippen LogP contribution in [0.15, 0.2) is 54.6 Å². The lowest BCUT2D eigenvalue weighted by Gasteiger charge is -2.17. The van der Waals surface area contributed by atoms with E-state index in [1.54, 1.807) is 24.3 Å². The van der Waals surface area contributed by atoms with Gasteiger partial charge in [0.2, 0.25) is 5.91 Å². The first-order chi connectivity index (χ1) is 11.5. The number of hydrogen-bond donors (Lipinski definition) is 3. The minimum Gasteiger partial charge on any atom is -0.330 e. The molecule has 0 aliphatic rings. The van der Waals surface area contributed by atoms with Crippen LogP contribution in [-0.2, 0) is 9.59 Å². The van der Waals surface area contributed by atoms with Crippen molar-refractivity contribution in [1.29, 1.82) is 0 Å². The number of carbonyl (C=O) groups is 2. The maximum Gasteiger partial charge on any atom is 0.282 e. The third kappa shape index (κ3) is 5.21. The van der Waals surface area contributed by atoms with Gasteiger partial charge in [-0.05, 0) is 38.1 Å². The molecular weight excluding hydrogens is 302 g/mol. The largest absolute Gasteiger partial charge is 0.330 e. The van der Waals surface area contributed by atoms with E-state index in [1.807, 2.05) is 30.4 Å². The summed E-state index contributed by atoms with van der Waals surface area (Å²) in [6, 6.07) is 17.2. The van der Waals surface area contributed by atoms with E-state index in [4.69, 9.17) is 0 Å². The summed E-state index contributed by atoms with van der Waals surface area (Å²) < 4.78 is 0. The minimum atomic E-state index is -0.213. The standard InChI is InChI=1S/C19H23N3O2/c1-13(16-7-5-4-6-8-16)20-14(2)19(24)22-18-11-9-17(10-12-18)21-15(3)23/h4-14,20H,1-3H3,(H,21,23)(H,22,24)/p+1/t13-,14-/m0/s1. The number of benzene rings is 2. The van der Waals surface area contributed by atoms with Crippen molar-refractivity contribution < 1.29 is 14.9 Å². The zero-order valence-corrected chi connectivity index (χ0v) is 14.2. The smallest absolute Gasteiger partial charge is 0.282 e. The van der Waals surface area contributed by atoms with Crippen LogP contribution < -0.4 is 16.0 Å². The number of nitrogens with one attached hydrogen (secondary N) is 2. The van der Waals surface area contributed by atoms with Crippen molar-refractivity contribution >= 4 is 23.2 Å². The summed E-state index contributed by atoms with van der Waals surface area (Å²) in [4.78, 5) is 23.3. The van der Waals surface area contributed by atoms with Gasteiger partial charge in [0.15, 0.2) is 6.04 Å². The average Bonchev–Trinajstić information content (AvgIpc) is 2.56. The molecule has 5 nitrogen and oxygen atoms in total. The first-order valence-corrected chi connectivity index (χ1v) is 8.04. The van der Waals surface area contributed by atoms with E-state index >= 15 is 0 Å². The molecule has 0 radical (unpaired) electrons. The molecular formula is C19H24N3O2+. The molecule has 0 fully saturated rings. The summed E-state index contributed by atoms with van der Waals surface area (Å²) >= 11 is 0. The van der Waals surface area contributed by atoms with Crippen molar-refractivity contribution in [3.8, 4) is 0 Å². The Bertz CT molecular complexity index is 684. The lowest BCUT2D eigenvalue weighted by Crippen LogP contribution is -2.91. The Kier molecular flexibility index (Phi) is 6.09. The minimum absolute atomic E-state index is 0.0509. The highest BCUT2D eigenvalue weighted by Gasteiger charge is 2.20. The molecule has 0 aliphatic heterocycles. The number of nitrogens with two attached hydrogens (primary N) is 1. The molecule has 0 aliphatic carbocycles. The molecule has 2 aromatic rings. The number of amides is 2. The molecule has 2 amide bonds. The summed E-state index contributed by atoms with van der Waals surface area (Å²) in [5, 5.41) is 7.63. The second-order valence-electron chi connectivity index (χ2n) is 5.93. The van der Waals surface area contributed by atoms with Crippen molar-refractivity contribution in [1.82, 2.24) is 0 Å². The summed E-state index contributed by atoms with van der Waals surface area (Å²) in [6.45, 7) is 5.43. The van der Waals surface area contributed by atoms with Crippen LogP contribution in [0.25, 0.3) is 0 Å². The maximum atomic E-state index is 12.3. The van der Waals surface area contributed by atoms with E-state index in [0.717, 1.165) is 0 Å². The maximum absolute atomic E-state index is 12.3. The fourth-order valence-corrected chi connectivity index (χ4v) is 2.48. The second kappa shape index (κ2) is 8.26. The summed E-state index contributed by atoms with van der Waals surface area (Å²) in [5.74, 6) is -0.171. The number of carbonyl (C=O) groups excluding carboxylic acids is 2. The first kappa shape index (κ1) is 17.7. The molecule has 0 aromatic heterocycles. The highest BCUT2D eigenvalue weighted by Crippen LogP contribution is 2.13. The molecule has 2 atom stereocenters. The second-order valence-corrected chi connectivity index (χ2v) is 5.93. The van der Waals surface area contributed by atoms with Gasteiger partial charge in [-0.2, -0.15) is 0 Å². The van der Waals surface area contributed by atoms with Crippen molar-refractivity contribution in [3.63, 3.8) is 0 Å². The van der Waals surface area contributed by atoms with Gasteiger partial charge in [-0.1, -0.05) is 30.3 Å².